The van der Waals surface area contributed by atoms with Crippen molar-refractivity contribution in [3.05, 3.63) is 64.8 Å². The Kier molecular flexibility index (Phi) is 3.78. The summed E-state index contributed by atoms with van der Waals surface area (Å²) in [4.78, 5) is 20.0. The Labute approximate surface area is 143 Å². The van der Waals surface area contributed by atoms with E-state index in [1.165, 1.54) is 10.9 Å². The van der Waals surface area contributed by atoms with E-state index >= 15 is 0 Å². The lowest BCUT2D eigenvalue weighted by atomic mass is 10.1. The van der Waals surface area contributed by atoms with Crippen LogP contribution in [0.4, 0.5) is 0 Å². The number of hydrogen-bond donors (Lipinski definition) is 2. The molecule has 1 amide bonds. The molecule has 120 valence electrons. The predicted molar refractivity (Wildman–Crippen MR) is 98.7 cm³/mol. The summed E-state index contributed by atoms with van der Waals surface area (Å²) in [5.74, 6) is -0.0391. The van der Waals surface area contributed by atoms with Crippen molar-refractivity contribution in [2.45, 2.75) is 13.3 Å². The van der Waals surface area contributed by atoms with Crippen LogP contribution >= 0.6 is 11.3 Å². The molecule has 2 aromatic carbocycles. The van der Waals surface area contributed by atoms with Gasteiger partial charge in [0.2, 0.25) is 0 Å². The molecule has 4 aromatic rings. The number of aromatic nitrogens is 2. The molecule has 24 heavy (non-hydrogen) atoms. The Bertz CT molecular complexity index is 1030. The molecule has 0 radical (unpaired) electrons. The fourth-order valence-electron chi connectivity index (χ4n) is 2.93. The summed E-state index contributed by atoms with van der Waals surface area (Å²) in [6.45, 7) is 2.59. The van der Waals surface area contributed by atoms with E-state index in [-0.39, 0.29) is 5.91 Å². The minimum absolute atomic E-state index is 0.0391. The van der Waals surface area contributed by atoms with E-state index in [0.717, 1.165) is 27.2 Å². The summed E-state index contributed by atoms with van der Waals surface area (Å²) < 4.78 is 1.05. The second kappa shape index (κ2) is 6.09. The standard InChI is InChI=1S/C19H17N3OS/c1-12-22-17-7-6-13(10-18(17)24-12)19(23)20-9-8-14-11-21-16-5-3-2-4-15(14)16/h2-7,10-11,21H,8-9H2,1H3,(H,20,23). The van der Waals surface area contributed by atoms with Gasteiger partial charge in [-0.25, -0.2) is 4.98 Å². The Morgan fingerprint density at radius 3 is 3.04 bits per heavy atom. The SMILES string of the molecule is Cc1nc2ccc(C(=O)NCCc3c[nH]c4ccccc34)cc2s1. The second-order valence-corrected chi connectivity index (χ2v) is 7.02. The van der Waals surface area contributed by atoms with Gasteiger partial charge in [-0.1, -0.05) is 18.2 Å². The number of fused-ring (bicyclic) bond motifs is 2. The minimum atomic E-state index is -0.0391. The highest BCUT2D eigenvalue weighted by Gasteiger charge is 2.09. The molecule has 5 heteroatoms. The summed E-state index contributed by atoms with van der Waals surface area (Å²) >= 11 is 1.61. The molecule has 4 nitrogen and oxygen atoms in total. The van der Waals surface area contributed by atoms with Gasteiger partial charge in [0, 0.05) is 29.2 Å². The van der Waals surface area contributed by atoms with E-state index in [0.29, 0.717) is 12.1 Å². The molecule has 2 N–H and O–H groups in total. The third-order valence-corrected chi connectivity index (χ3v) is 5.05. The van der Waals surface area contributed by atoms with E-state index in [4.69, 9.17) is 0 Å². The number of aryl methyl sites for hydroxylation is 1. The third-order valence-electron chi connectivity index (χ3n) is 4.11. The molecular weight excluding hydrogens is 318 g/mol. The van der Waals surface area contributed by atoms with E-state index in [1.54, 1.807) is 11.3 Å². The zero-order valence-corrected chi connectivity index (χ0v) is 14.1. The molecule has 0 saturated heterocycles. The van der Waals surface area contributed by atoms with Crippen LogP contribution in [0.3, 0.4) is 0 Å². The monoisotopic (exact) mass is 335 g/mol. The average molecular weight is 335 g/mol. The highest BCUT2D eigenvalue weighted by molar-refractivity contribution is 7.18. The molecule has 2 heterocycles. The summed E-state index contributed by atoms with van der Waals surface area (Å²) in [6, 6.07) is 13.9. The number of H-pyrrole nitrogens is 1. The predicted octanol–water partition coefficient (Wildman–Crippen LogP) is 4.06. The number of nitrogens with one attached hydrogen (secondary N) is 2. The number of para-hydroxylation sites is 1. The Balaban J connectivity index is 1.44. The van der Waals surface area contributed by atoms with Gasteiger partial charge in [0.05, 0.1) is 15.2 Å². The van der Waals surface area contributed by atoms with Gasteiger partial charge in [0.1, 0.15) is 0 Å². The molecule has 0 saturated carbocycles. The number of benzene rings is 2. The van der Waals surface area contributed by atoms with Crippen molar-refractivity contribution in [1.29, 1.82) is 0 Å². The molecule has 0 spiro atoms. The van der Waals surface area contributed by atoms with E-state index in [2.05, 4.69) is 27.4 Å². The molecule has 4 rings (SSSR count). The summed E-state index contributed by atoms with van der Waals surface area (Å²) in [6.07, 6.45) is 2.82. The molecule has 0 aliphatic heterocycles. The van der Waals surface area contributed by atoms with Gasteiger partial charge in [-0.3, -0.25) is 4.79 Å². The van der Waals surface area contributed by atoms with Crippen LogP contribution in [0.1, 0.15) is 20.9 Å². The lowest BCUT2D eigenvalue weighted by Crippen LogP contribution is -2.25. The normalized spacial score (nSPS) is 11.2. The molecule has 0 fully saturated rings. The van der Waals surface area contributed by atoms with Crippen LogP contribution < -0.4 is 5.32 Å². The minimum Gasteiger partial charge on any atom is -0.361 e. The topological polar surface area (TPSA) is 57.8 Å². The maximum atomic E-state index is 12.4. The van der Waals surface area contributed by atoms with Crippen LogP contribution in [0.15, 0.2) is 48.7 Å². The molecule has 0 atom stereocenters. The van der Waals surface area contributed by atoms with Gasteiger partial charge in [0.15, 0.2) is 0 Å². The highest BCUT2D eigenvalue weighted by Crippen LogP contribution is 2.22. The largest absolute Gasteiger partial charge is 0.361 e. The van der Waals surface area contributed by atoms with Crippen LogP contribution in [0.2, 0.25) is 0 Å². The molecule has 2 aromatic heterocycles. The van der Waals surface area contributed by atoms with Crippen molar-refractivity contribution in [2.75, 3.05) is 6.54 Å². The number of rotatable bonds is 4. The first-order chi connectivity index (χ1) is 11.7. The van der Waals surface area contributed by atoms with Crippen molar-refractivity contribution in [2.24, 2.45) is 0 Å². The highest BCUT2D eigenvalue weighted by atomic mass is 32.1. The maximum Gasteiger partial charge on any atom is 0.251 e. The number of aromatic amines is 1. The lowest BCUT2D eigenvalue weighted by molar-refractivity contribution is 0.0954. The molecule has 0 unspecified atom stereocenters. The van der Waals surface area contributed by atoms with Crippen molar-refractivity contribution in [1.82, 2.24) is 15.3 Å². The van der Waals surface area contributed by atoms with Gasteiger partial charge < -0.3 is 10.3 Å². The first-order valence-corrected chi connectivity index (χ1v) is 8.73. The smallest absolute Gasteiger partial charge is 0.251 e. The Morgan fingerprint density at radius 1 is 1.25 bits per heavy atom. The molecule has 0 aliphatic rings. The fraction of sp³-hybridized carbons (Fsp3) is 0.158. The fourth-order valence-corrected chi connectivity index (χ4v) is 3.80. The van der Waals surface area contributed by atoms with Crippen LogP contribution in [0, 0.1) is 6.92 Å². The van der Waals surface area contributed by atoms with Gasteiger partial charge in [-0.05, 0) is 43.2 Å². The molecule has 0 bridgehead atoms. The molecular formula is C19H17N3OS. The number of carbonyl (C=O) groups excluding carboxylic acids is 1. The van der Waals surface area contributed by atoms with Gasteiger partial charge in [-0.2, -0.15) is 0 Å². The van der Waals surface area contributed by atoms with E-state index in [1.807, 2.05) is 43.5 Å². The third kappa shape index (κ3) is 2.78. The van der Waals surface area contributed by atoms with Gasteiger partial charge in [-0.15, -0.1) is 11.3 Å². The van der Waals surface area contributed by atoms with Crippen molar-refractivity contribution >= 4 is 38.4 Å². The van der Waals surface area contributed by atoms with E-state index < -0.39 is 0 Å². The van der Waals surface area contributed by atoms with Gasteiger partial charge in [0.25, 0.3) is 5.91 Å². The Morgan fingerprint density at radius 2 is 2.12 bits per heavy atom. The zero-order chi connectivity index (χ0) is 16.5. The van der Waals surface area contributed by atoms with Crippen LogP contribution in [-0.4, -0.2) is 22.4 Å². The Hall–Kier alpha value is -2.66. The lowest BCUT2D eigenvalue weighted by Gasteiger charge is -2.05. The number of carbonyl (C=O) groups is 1. The first-order valence-electron chi connectivity index (χ1n) is 7.91. The molecule has 0 aliphatic carbocycles. The number of hydrogen-bond acceptors (Lipinski definition) is 3. The van der Waals surface area contributed by atoms with Crippen molar-refractivity contribution < 1.29 is 4.79 Å². The quantitative estimate of drug-likeness (QED) is 0.591. The van der Waals surface area contributed by atoms with Crippen LogP contribution in [-0.2, 0) is 6.42 Å². The van der Waals surface area contributed by atoms with E-state index in [9.17, 15) is 4.79 Å². The maximum absolute atomic E-state index is 12.4. The summed E-state index contributed by atoms with van der Waals surface area (Å²) in [5, 5.41) is 5.24. The second-order valence-electron chi connectivity index (χ2n) is 5.78. The average Bonchev–Trinajstić information content (AvgIpc) is 3.16. The number of amides is 1. The van der Waals surface area contributed by atoms with Crippen molar-refractivity contribution in [3.8, 4) is 0 Å². The van der Waals surface area contributed by atoms with Crippen molar-refractivity contribution in [3.63, 3.8) is 0 Å². The summed E-state index contributed by atoms with van der Waals surface area (Å²) in [7, 11) is 0. The zero-order valence-electron chi connectivity index (χ0n) is 13.3. The van der Waals surface area contributed by atoms with Crippen LogP contribution in [0.25, 0.3) is 21.1 Å². The van der Waals surface area contributed by atoms with Crippen LogP contribution in [0.5, 0.6) is 0 Å². The first kappa shape index (κ1) is 14.9. The number of nitrogens with zero attached hydrogens (tertiary/aromatic N) is 1. The van der Waals surface area contributed by atoms with Gasteiger partial charge >= 0.3 is 0 Å². The number of thiazole rings is 1. The summed E-state index contributed by atoms with van der Waals surface area (Å²) in [5.41, 5.74) is 3.99.